The van der Waals surface area contributed by atoms with Gasteiger partial charge in [-0.15, -0.1) is 0 Å². The molecule has 1 aliphatic heterocycles. The number of carbonyl (C=O) groups excluding carboxylic acids is 2. The number of nitrogens with zero attached hydrogens (tertiary/aromatic N) is 1. The molecule has 0 bridgehead atoms. The summed E-state index contributed by atoms with van der Waals surface area (Å²) in [5, 5.41) is 2.73. The molecular formula is C17H24N2O2. The monoisotopic (exact) mass is 288 g/mol. The van der Waals surface area contributed by atoms with Crippen LogP contribution in [0.25, 0.3) is 0 Å². The first-order valence-electron chi connectivity index (χ1n) is 7.76. The number of benzene rings is 1. The van der Waals surface area contributed by atoms with Crippen molar-refractivity contribution in [2.24, 2.45) is 0 Å². The third-order valence-corrected chi connectivity index (χ3v) is 4.50. The number of hydrogen-bond donors (Lipinski definition) is 1. The average Bonchev–Trinajstić information content (AvgIpc) is 2.52. The van der Waals surface area contributed by atoms with Gasteiger partial charge in [-0.3, -0.25) is 9.59 Å². The molecule has 0 aliphatic carbocycles. The molecule has 0 aromatic heterocycles. The molecule has 1 heterocycles. The minimum atomic E-state index is -0.661. The van der Waals surface area contributed by atoms with Gasteiger partial charge in [0.15, 0.2) is 0 Å². The van der Waals surface area contributed by atoms with E-state index in [2.05, 4.69) is 17.4 Å². The van der Waals surface area contributed by atoms with Crippen LogP contribution in [0.5, 0.6) is 0 Å². The van der Waals surface area contributed by atoms with E-state index in [1.165, 1.54) is 5.56 Å². The number of amides is 2. The van der Waals surface area contributed by atoms with Crippen LogP contribution < -0.4 is 5.32 Å². The van der Waals surface area contributed by atoms with E-state index in [0.29, 0.717) is 19.4 Å². The molecule has 1 aromatic carbocycles. The Morgan fingerprint density at radius 1 is 1.14 bits per heavy atom. The van der Waals surface area contributed by atoms with Gasteiger partial charge in [-0.2, -0.15) is 0 Å². The van der Waals surface area contributed by atoms with E-state index in [-0.39, 0.29) is 18.4 Å². The van der Waals surface area contributed by atoms with Crippen LogP contribution in [0.15, 0.2) is 30.3 Å². The Morgan fingerprint density at radius 3 is 2.43 bits per heavy atom. The van der Waals surface area contributed by atoms with Gasteiger partial charge in [0.2, 0.25) is 11.8 Å². The summed E-state index contributed by atoms with van der Waals surface area (Å²) >= 11 is 0. The average molecular weight is 288 g/mol. The largest absolute Gasteiger partial charge is 0.345 e. The molecule has 0 spiro atoms. The second kappa shape index (κ2) is 6.74. The second-order valence-corrected chi connectivity index (χ2v) is 5.56. The Hall–Kier alpha value is -1.84. The molecule has 21 heavy (non-hydrogen) atoms. The van der Waals surface area contributed by atoms with Gasteiger partial charge in [0.05, 0.1) is 6.54 Å². The van der Waals surface area contributed by atoms with Gasteiger partial charge in [0.25, 0.3) is 0 Å². The van der Waals surface area contributed by atoms with Crippen LogP contribution in [0, 0.1) is 0 Å². The summed E-state index contributed by atoms with van der Waals surface area (Å²) in [6, 6.07) is 10.2. The van der Waals surface area contributed by atoms with Gasteiger partial charge < -0.3 is 10.2 Å². The van der Waals surface area contributed by atoms with Crippen LogP contribution >= 0.6 is 0 Å². The standard InChI is InChI=1S/C17H24N2O2/c1-3-17(4-2)16(21)18-13-15(20)19(17)12-8-11-14-9-6-5-7-10-14/h5-7,9-10H,3-4,8,11-13H2,1-2H3,(H,18,21). The molecule has 1 aromatic rings. The fourth-order valence-electron chi connectivity index (χ4n) is 3.15. The number of piperazine rings is 1. The number of hydrogen-bond acceptors (Lipinski definition) is 2. The first-order valence-corrected chi connectivity index (χ1v) is 7.76. The van der Waals surface area contributed by atoms with Gasteiger partial charge >= 0.3 is 0 Å². The van der Waals surface area contributed by atoms with E-state index >= 15 is 0 Å². The van der Waals surface area contributed by atoms with E-state index in [9.17, 15) is 9.59 Å². The lowest BCUT2D eigenvalue weighted by Gasteiger charge is -2.45. The zero-order valence-corrected chi connectivity index (χ0v) is 12.9. The molecule has 1 saturated heterocycles. The van der Waals surface area contributed by atoms with Crippen LogP contribution in [0.3, 0.4) is 0 Å². The van der Waals surface area contributed by atoms with E-state index in [4.69, 9.17) is 0 Å². The molecule has 0 atom stereocenters. The van der Waals surface area contributed by atoms with Crippen molar-refractivity contribution in [3.05, 3.63) is 35.9 Å². The minimum Gasteiger partial charge on any atom is -0.345 e. The lowest BCUT2D eigenvalue weighted by molar-refractivity contribution is -0.154. The van der Waals surface area contributed by atoms with Crippen molar-refractivity contribution in [1.82, 2.24) is 10.2 Å². The SMILES string of the molecule is CCC1(CC)C(=O)NCC(=O)N1CCCc1ccccc1. The number of carbonyl (C=O) groups is 2. The molecule has 1 N–H and O–H groups in total. The van der Waals surface area contributed by atoms with Crippen LogP contribution in [-0.4, -0.2) is 35.3 Å². The second-order valence-electron chi connectivity index (χ2n) is 5.56. The van der Waals surface area contributed by atoms with Crippen LogP contribution in [0.4, 0.5) is 0 Å². The van der Waals surface area contributed by atoms with Crippen molar-refractivity contribution < 1.29 is 9.59 Å². The van der Waals surface area contributed by atoms with Crippen molar-refractivity contribution in [1.29, 1.82) is 0 Å². The maximum absolute atomic E-state index is 12.3. The highest BCUT2D eigenvalue weighted by molar-refractivity contribution is 5.97. The zero-order chi connectivity index (χ0) is 15.3. The Morgan fingerprint density at radius 2 is 1.81 bits per heavy atom. The lowest BCUT2D eigenvalue weighted by Crippen LogP contribution is -2.66. The van der Waals surface area contributed by atoms with Crippen molar-refractivity contribution in [3.63, 3.8) is 0 Å². The summed E-state index contributed by atoms with van der Waals surface area (Å²) in [6.45, 7) is 4.73. The Balaban J connectivity index is 2.04. The number of rotatable bonds is 6. The quantitative estimate of drug-likeness (QED) is 0.872. The van der Waals surface area contributed by atoms with Gasteiger partial charge in [0.1, 0.15) is 5.54 Å². The predicted octanol–water partition coefficient (Wildman–Crippen LogP) is 2.14. The molecule has 4 heteroatoms. The Labute approximate surface area is 126 Å². The first kappa shape index (κ1) is 15.5. The molecule has 4 nitrogen and oxygen atoms in total. The third kappa shape index (κ3) is 3.09. The van der Waals surface area contributed by atoms with Crippen molar-refractivity contribution in [3.8, 4) is 0 Å². The van der Waals surface area contributed by atoms with E-state index < -0.39 is 5.54 Å². The van der Waals surface area contributed by atoms with Gasteiger partial charge in [-0.1, -0.05) is 44.2 Å². The maximum atomic E-state index is 12.3. The molecular weight excluding hydrogens is 264 g/mol. The molecule has 1 fully saturated rings. The molecule has 0 radical (unpaired) electrons. The van der Waals surface area contributed by atoms with Gasteiger partial charge in [-0.25, -0.2) is 0 Å². The van der Waals surface area contributed by atoms with Crippen LogP contribution in [0.2, 0.25) is 0 Å². The molecule has 2 amide bonds. The summed E-state index contributed by atoms with van der Waals surface area (Å²) in [4.78, 5) is 26.3. The summed E-state index contributed by atoms with van der Waals surface area (Å²) in [7, 11) is 0. The summed E-state index contributed by atoms with van der Waals surface area (Å²) in [6.07, 6.45) is 3.12. The van der Waals surface area contributed by atoms with Crippen LogP contribution in [-0.2, 0) is 16.0 Å². The summed E-state index contributed by atoms with van der Waals surface area (Å²) < 4.78 is 0. The topological polar surface area (TPSA) is 49.4 Å². The van der Waals surface area contributed by atoms with Crippen molar-refractivity contribution >= 4 is 11.8 Å². The van der Waals surface area contributed by atoms with Crippen molar-refractivity contribution in [2.45, 2.75) is 45.1 Å². The van der Waals surface area contributed by atoms with E-state index in [0.717, 1.165) is 12.8 Å². The van der Waals surface area contributed by atoms with E-state index in [1.54, 1.807) is 4.90 Å². The molecule has 114 valence electrons. The van der Waals surface area contributed by atoms with Gasteiger partial charge in [-0.05, 0) is 31.2 Å². The highest BCUT2D eigenvalue weighted by Crippen LogP contribution is 2.27. The van der Waals surface area contributed by atoms with Crippen LogP contribution in [0.1, 0.15) is 38.7 Å². The molecule has 0 saturated carbocycles. The van der Waals surface area contributed by atoms with Gasteiger partial charge in [0, 0.05) is 6.54 Å². The smallest absolute Gasteiger partial charge is 0.246 e. The zero-order valence-electron chi connectivity index (χ0n) is 12.9. The molecule has 1 aliphatic rings. The lowest BCUT2D eigenvalue weighted by atomic mass is 9.87. The Kier molecular flexibility index (Phi) is 4.99. The highest BCUT2D eigenvalue weighted by Gasteiger charge is 2.46. The highest BCUT2D eigenvalue weighted by atomic mass is 16.2. The first-order chi connectivity index (χ1) is 10.1. The summed E-state index contributed by atoms with van der Waals surface area (Å²) in [5.74, 6) is 0.0261. The fourth-order valence-corrected chi connectivity index (χ4v) is 3.15. The number of nitrogens with one attached hydrogen (secondary N) is 1. The maximum Gasteiger partial charge on any atom is 0.246 e. The van der Waals surface area contributed by atoms with E-state index in [1.807, 2.05) is 32.0 Å². The fraction of sp³-hybridized carbons (Fsp3) is 0.529. The molecule has 2 rings (SSSR count). The van der Waals surface area contributed by atoms with Crippen molar-refractivity contribution in [2.75, 3.05) is 13.1 Å². The Bertz CT molecular complexity index is 495. The predicted molar refractivity (Wildman–Crippen MR) is 82.8 cm³/mol. The number of aryl methyl sites for hydroxylation is 1. The summed E-state index contributed by atoms with van der Waals surface area (Å²) in [5.41, 5.74) is 0.608. The minimum absolute atomic E-state index is 0.00758. The third-order valence-electron chi connectivity index (χ3n) is 4.50. The normalized spacial score (nSPS) is 17.7. The molecule has 0 unspecified atom stereocenters.